The molecule has 4 aromatic rings. The van der Waals surface area contributed by atoms with Gasteiger partial charge in [-0.05, 0) is 58.0 Å². The van der Waals surface area contributed by atoms with E-state index >= 15 is 0 Å². The molecule has 1 aliphatic rings. The lowest BCUT2D eigenvalue weighted by molar-refractivity contribution is 0.189. The smallest absolute Gasteiger partial charge is 0.155 e. The molecule has 4 aromatic heterocycles. The standard InChI is InChI=1S/C23H26FN7S/c1-29(2)17-5-7-18(8-6-17)30-14-16(11-27-30)15-10-21(22-20(25)12-28-31(22)13-15)32-23-19(24)4-3-9-26-23/h3-4,9-14,17-18H,5-8,25H2,1-2H3. The zero-order chi connectivity index (χ0) is 22.2. The predicted molar refractivity (Wildman–Crippen MR) is 124 cm³/mol. The Morgan fingerprint density at radius 2 is 1.91 bits per heavy atom. The average molecular weight is 452 g/mol. The van der Waals surface area contributed by atoms with E-state index in [4.69, 9.17) is 5.73 Å². The second-order valence-electron chi connectivity index (χ2n) is 8.51. The second kappa shape index (κ2) is 8.55. The first-order valence-electron chi connectivity index (χ1n) is 10.8. The molecule has 32 heavy (non-hydrogen) atoms. The summed E-state index contributed by atoms with van der Waals surface area (Å²) in [6.07, 6.45) is 13.7. The van der Waals surface area contributed by atoms with Crippen molar-refractivity contribution in [2.75, 3.05) is 19.8 Å². The highest BCUT2D eigenvalue weighted by Crippen LogP contribution is 2.37. The lowest BCUT2D eigenvalue weighted by Crippen LogP contribution is -2.32. The van der Waals surface area contributed by atoms with Crippen LogP contribution in [0.25, 0.3) is 16.6 Å². The summed E-state index contributed by atoms with van der Waals surface area (Å²) in [5, 5.41) is 9.36. The molecule has 0 saturated heterocycles. The molecule has 0 atom stereocenters. The number of nitrogens with zero attached hydrogens (tertiary/aromatic N) is 6. The fraction of sp³-hybridized carbons (Fsp3) is 0.348. The molecule has 0 radical (unpaired) electrons. The first-order chi connectivity index (χ1) is 15.5. The number of halogens is 1. The van der Waals surface area contributed by atoms with Gasteiger partial charge in [-0.25, -0.2) is 13.9 Å². The third-order valence-electron chi connectivity index (χ3n) is 6.24. The normalized spacial score (nSPS) is 19.1. The van der Waals surface area contributed by atoms with E-state index in [1.807, 2.05) is 18.5 Å². The Morgan fingerprint density at radius 1 is 1.09 bits per heavy atom. The number of hydrogen-bond acceptors (Lipinski definition) is 6. The fourth-order valence-electron chi connectivity index (χ4n) is 4.42. The fourth-order valence-corrected chi connectivity index (χ4v) is 5.40. The molecular weight excluding hydrogens is 425 g/mol. The highest BCUT2D eigenvalue weighted by atomic mass is 32.2. The average Bonchev–Trinajstić information content (AvgIpc) is 3.43. The van der Waals surface area contributed by atoms with Gasteiger partial charge < -0.3 is 10.6 Å². The molecule has 0 unspecified atom stereocenters. The van der Waals surface area contributed by atoms with Crippen LogP contribution >= 0.6 is 11.8 Å². The number of rotatable bonds is 5. The summed E-state index contributed by atoms with van der Waals surface area (Å²) in [6, 6.07) is 6.07. The van der Waals surface area contributed by atoms with Crippen molar-refractivity contribution in [2.45, 2.75) is 47.7 Å². The lowest BCUT2D eigenvalue weighted by Gasteiger charge is -2.32. The van der Waals surface area contributed by atoms with Crippen molar-refractivity contribution in [3.8, 4) is 11.1 Å². The van der Waals surface area contributed by atoms with Crippen molar-refractivity contribution < 1.29 is 4.39 Å². The van der Waals surface area contributed by atoms with Gasteiger partial charge in [-0.15, -0.1) is 0 Å². The summed E-state index contributed by atoms with van der Waals surface area (Å²) in [4.78, 5) is 7.30. The van der Waals surface area contributed by atoms with Crippen LogP contribution in [0.3, 0.4) is 0 Å². The van der Waals surface area contributed by atoms with Gasteiger partial charge in [0, 0.05) is 40.7 Å². The van der Waals surface area contributed by atoms with Crippen molar-refractivity contribution in [1.82, 2.24) is 29.3 Å². The molecule has 2 N–H and O–H groups in total. The monoisotopic (exact) mass is 451 g/mol. The Kier molecular flexibility index (Phi) is 5.60. The molecule has 0 bridgehead atoms. The molecule has 1 fully saturated rings. The Balaban J connectivity index is 1.46. The van der Waals surface area contributed by atoms with E-state index in [-0.39, 0.29) is 5.82 Å². The van der Waals surface area contributed by atoms with Crippen LogP contribution in [0, 0.1) is 5.82 Å². The maximum atomic E-state index is 14.3. The zero-order valence-electron chi connectivity index (χ0n) is 18.1. The van der Waals surface area contributed by atoms with Gasteiger partial charge in [-0.1, -0.05) is 11.8 Å². The highest BCUT2D eigenvalue weighted by Gasteiger charge is 2.24. The summed E-state index contributed by atoms with van der Waals surface area (Å²) in [7, 11) is 4.31. The molecule has 0 aromatic carbocycles. The van der Waals surface area contributed by atoms with Crippen LogP contribution in [0.15, 0.2) is 59.1 Å². The van der Waals surface area contributed by atoms with E-state index in [9.17, 15) is 4.39 Å². The number of nitrogen functional groups attached to an aromatic ring is 1. The lowest BCUT2D eigenvalue weighted by atomic mass is 9.91. The molecule has 4 heterocycles. The second-order valence-corrected chi connectivity index (χ2v) is 9.54. The highest BCUT2D eigenvalue weighted by molar-refractivity contribution is 7.99. The zero-order valence-corrected chi connectivity index (χ0v) is 19.0. The van der Waals surface area contributed by atoms with Crippen LogP contribution < -0.4 is 5.73 Å². The Bertz CT molecular complexity index is 1240. The summed E-state index contributed by atoms with van der Waals surface area (Å²) in [6.45, 7) is 0. The van der Waals surface area contributed by atoms with Crippen LogP contribution in [-0.4, -0.2) is 49.4 Å². The Labute approximate surface area is 190 Å². The minimum atomic E-state index is -0.361. The largest absolute Gasteiger partial charge is 0.396 e. The molecule has 5 rings (SSSR count). The van der Waals surface area contributed by atoms with Gasteiger partial charge in [0.15, 0.2) is 5.82 Å². The molecule has 0 aliphatic heterocycles. The van der Waals surface area contributed by atoms with E-state index in [1.165, 1.54) is 30.7 Å². The van der Waals surface area contributed by atoms with Crippen molar-refractivity contribution in [3.05, 3.63) is 55.0 Å². The molecular formula is C23H26FN7S. The van der Waals surface area contributed by atoms with Crippen molar-refractivity contribution in [3.63, 3.8) is 0 Å². The summed E-state index contributed by atoms with van der Waals surface area (Å²) in [5.41, 5.74) is 9.40. The van der Waals surface area contributed by atoms with E-state index in [0.29, 0.717) is 22.8 Å². The number of pyridine rings is 2. The van der Waals surface area contributed by atoms with Crippen molar-refractivity contribution in [1.29, 1.82) is 0 Å². The van der Waals surface area contributed by atoms with Crippen LogP contribution in [0.1, 0.15) is 31.7 Å². The van der Waals surface area contributed by atoms with Gasteiger partial charge >= 0.3 is 0 Å². The van der Waals surface area contributed by atoms with Gasteiger partial charge in [0.2, 0.25) is 0 Å². The van der Waals surface area contributed by atoms with E-state index in [1.54, 1.807) is 23.0 Å². The van der Waals surface area contributed by atoms with Gasteiger partial charge in [-0.3, -0.25) is 4.68 Å². The quantitative estimate of drug-likeness (QED) is 0.481. The van der Waals surface area contributed by atoms with Crippen LogP contribution in [0.4, 0.5) is 10.1 Å². The third-order valence-corrected chi connectivity index (χ3v) is 7.27. The van der Waals surface area contributed by atoms with Gasteiger partial charge in [0.1, 0.15) is 10.5 Å². The molecule has 1 saturated carbocycles. The Hall–Kier alpha value is -2.91. The topological polar surface area (TPSA) is 77.3 Å². The van der Waals surface area contributed by atoms with Crippen LogP contribution in [0.5, 0.6) is 0 Å². The first kappa shape index (κ1) is 21.0. The van der Waals surface area contributed by atoms with Crippen LogP contribution in [-0.2, 0) is 0 Å². The number of hydrogen-bond donors (Lipinski definition) is 1. The van der Waals surface area contributed by atoms with E-state index in [2.05, 4.69) is 45.1 Å². The number of aromatic nitrogens is 5. The molecule has 0 amide bonds. The number of nitrogens with two attached hydrogens (primary N) is 1. The van der Waals surface area contributed by atoms with E-state index < -0.39 is 0 Å². The van der Waals surface area contributed by atoms with Gasteiger partial charge in [0.25, 0.3) is 0 Å². The van der Waals surface area contributed by atoms with E-state index in [0.717, 1.165) is 34.4 Å². The molecule has 7 nitrogen and oxygen atoms in total. The van der Waals surface area contributed by atoms with Gasteiger partial charge in [0.05, 0.1) is 24.1 Å². The summed E-state index contributed by atoms with van der Waals surface area (Å²) < 4.78 is 18.1. The first-order valence-corrected chi connectivity index (χ1v) is 11.6. The SMILES string of the molecule is CN(C)C1CCC(n2cc(-c3cc(Sc4ncccc4F)c4c(N)cnn4c3)cn2)CC1. The minimum Gasteiger partial charge on any atom is -0.396 e. The van der Waals surface area contributed by atoms with Gasteiger partial charge in [-0.2, -0.15) is 10.2 Å². The van der Waals surface area contributed by atoms with Crippen LogP contribution in [0.2, 0.25) is 0 Å². The minimum absolute atomic E-state index is 0.306. The number of fused-ring (bicyclic) bond motifs is 1. The molecule has 166 valence electrons. The molecule has 1 aliphatic carbocycles. The summed E-state index contributed by atoms with van der Waals surface area (Å²) >= 11 is 1.25. The number of anilines is 1. The van der Waals surface area contributed by atoms with Crippen molar-refractivity contribution >= 4 is 23.0 Å². The van der Waals surface area contributed by atoms with Crippen molar-refractivity contribution in [2.24, 2.45) is 0 Å². The maximum Gasteiger partial charge on any atom is 0.155 e. The predicted octanol–water partition coefficient (Wildman–Crippen LogP) is 4.51. The summed E-state index contributed by atoms with van der Waals surface area (Å²) in [5.74, 6) is -0.361. The Morgan fingerprint density at radius 3 is 2.66 bits per heavy atom. The maximum absolute atomic E-state index is 14.3. The molecule has 9 heteroatoms. The molecule has 0 spiro atoms. The third kappa shape index (κ3) is 3.98.